The topological polar surface area (TPSA) is 35.8 Å². The lowest BCUT2D eigenvalue weighted by molar-refractivity contribution is 0.339. The van der Waals surface area contributed by atoms with Crippen LogP contribution in [0.5, 0.6) is 0 Å². The van der Waals surface area contributed by atoms with Crippen molar-refractivity contribution >= 4 is 44.0 Å². The third-order valence-corrected chi connectivity index (χ3v) is 5.56. The summed E-state index contributed by atoms with van der Waals surface area (Å²) in [6, 6.07) is 5.11. The molecule has 1 N–H and O–H groups in total. The molecule has 0 unspecified atom stereocenters. The van der Waals surface area contributed by atoms with Gasteiger partial charge in [-0.2, -0.15) is 0 Å². The van der Waals surface area contributed by atoms with Gasteiger partial charge in [-0.3, -0.25) is 4.99 Å². The van der Waals surface area contributed by atoms with Crippen molar-refractivity contribution in [3.63, 3.8) is 0 Å². The zero-order valence-corrected chi connectivity index (χ0v) is 12.1. The van der Waals surface area contributed by atoms with Crippen molar-refractivity contribution in [2.45, 2.75) is 0 Å². The molecule has 0 bridgehead atoms. The van der Waals surface area contributed by atoms with E-state index in [1.807, 2.05) is 5.38 Å². The van der Waals surface area contributed by atoms with Crippen LogP contribution in [0, 0.1) is 5.82 Å². The van der Waals surface area contributed by atoms with Crippen LogP contribution in [0.1, 0.15) is 5.56 Å². The molecular formula is C14H11FN2OS2. The van der Waals surface area contributed by atoms with E-state index in [0.717, 1.165) is 39.1 Å². The molecule has 4 rings (SSSR count). The van der Waals surface area contributed by atoms with Crippen molar-refractivity contribution < 1.29 is 9.50 Å². The summed E-state index contributed by atoms with van der Waals surface area (Å²) < 4.78 is 14.8. The first-order chi connectivity index (χ1) is 9.79. The standard InChI is InChI=1S/C14H11FN2OS2/c15-10-2-1-9(13-8(10)3-6-19-13)12-11(7-18)20-14-16-4-5-17(12)14/h1-3,6,18H,4-5,7H2. The number of fused-ring (bicyclic) bond motifs is 2. The highest BCUT2D eigenvalue weighted by atomic mass is 32.2. The van der Waals surface area contributed by atoms with Gasteiger partial charge in [0.15, 0.2) is 5.17 Å². The highest BCUT2D eigenvalue weighted by Crippen LogP contribution is 2.44. The molecule has 2 aliphatic heterocycles. The molecule has 0 atom stereocenters. The van der Waals surface area contributed by atoms with Gasteiger partial charge in [0.1, 0.15) is 5.82 Å². The summed E-state index contributed by atoms with van der Waals surface area (Å²) in [5.41, 5.74) is 1.97. The number of hydrogen-bond acceptors (Lipinski definition) is 5. The Balaban J connectivity index is 1.96. The van der Waals surface area contributed by atoms with Crippen LogP contribution >= 0.6 is 23.1 Å². The third kappa shape index (κ3) is 1.65. The summed E-state index contributed by atoms with van der Waals surface area (Å²) in [6.45, 7) is 1.59. The van der Waals surface area contributed by atoms with Crippen LogP contribution in [0.3, 0.4) is 0 Å². The average Bonchev–Trinajstić information content (AvgIpc) is 3.14. The van der Waals surface area contributed by atoms with Crippen molar-refractivity contribution in [2.24, 2.45) is 4.99 Å². The van der Waals surface area contributed by atoms with Crippen molar-refractivity contribution in [3.8, 4) is 0 Å². The van der Waals surface area contributed by atoms with Crippen molar-refractivity contribution in [1.82, 2.24) is 4.90 Å². The van der Waals surface area contributed by atoms with Gasteiger partial charge in [-0.25, -0.2) is 4.39 Å². The molecule has 0 fully saturated rings. The number of nitrogens with zero attached hydrogens (tertiary/aromatic N) is 2. The van der Waals surface area contributed by atoms with Gasteiger partial charge in [-0.1, -0.05) is 11.8 Å². The molecule has 1 aromatic heterocycles. The van der Waals surface area contributed by atoms with E-state index in [1.165, 1.54) is 29.2 Å². The number of halogens is 1. The first-order valence-corrected chi connectivity index (χ1v) is 7.99. The maximum Gasteiger partial charge on any atom is 0.168 e. The second-order valence-corrected chi connectivity index (χ2v) is 6.58. The summed E-state index contributed by atoms with van der Waals surface area (Å²) in [5, 5.41) is 13.1. The Morgan fingerprint density at radius 3 is 3.10 bits per heavy atom. The molecular weight excluding hydrogens is 295 g/mol. The number of benzene rings is 1. The summed E-state index contributed by atoms with van der Waals surface area (Å²) in [4.78, 5) is 7.46. The molecule has 0 aliphatic carbocycles. The summed E-state index contributed by atoms with van der Waals surface area (Å²) in [5.74, 6) is -0.197. The lowest BCUT2D eigenvalue weighted by Crippen LogP contribution is -2.20. The van der Waals surface area contributed by atoms with Gasteiger partial charge in [0.2, 0.25) is 0 Å². The molecule has 0 saturated carbocycles. The predicted octanol–water partition coefficient (Wildman–Crippen LogP) is 3.12. The van der Waals surface area contributed by atoms with Gasteiger partial charge in [0.05, 0.1) is 18.8 Å². The molecule has 3 heterocycles. The minimum atomic E-state index is -0.197. The molecule has 2 aromatic rings. The van der Waals surface area contributed by atoms with Gasteiger partial charge in [-0.15, -0.1) is 11.3 Å². The molecule has 1 aromatic carbocycles. The van der Waals surface area contributed by atoms with Crippen LogP contribution in [-0.2, 0) is 0 Å². The van der Waals surface area contributed by atoms with E-state index in [-0.39, 0.29) is 12.4 Å². The second kappa shape index (κ2) is 4.58. The number of aliphatic imine (C=N–C) groups is 1. The molecule has 0 saturated heterocycles. The Morgan fingerprint density at radius 1 is 1.35 bits per heavy atom. The number of thiophene rings is 1. The molecule has 6 heteroatoms. The van der Waals surface area contributed by atoms with Crippen molar-refractivity contribution in [1.29, 1.82) is 0 Å². The summed E-state index contributed by atoms with van der Waals surface area (Å²) in [6.07, 6.45) is 0. The Labute approximate surface area is 123 Å². The van der Waals surface area contributed by atoms with Crippen molar-refractivity contribution in [2.75, 3.05) is 19.7 Å². The zero-order valence-electron chi connectivity index (χ0n) is 10.5. The van der Waals surface area contributed by atoms with Crippen LogP contribution in [0.15, 0.2) is 33.5 Å². The number of aliphatic hydroxyl groups excluding tert-OH is 1. The minimum Gasteiger partial charge on any atom is -0.391 e. The second-order valence-electron chi connectivity index (χ2n) is 4.61. The normalized spacial score (nSPS) is 18.1. The van der Waals surface area contributed by atoms with Crippen LogP contribution in [-0.4, -0.2) is 34.9 Å². The zero-order chi connectivity index (χ0) is 13.7. The summed E-state index contributed by atoms with van der Waals surface area (Å²) in [7, 11) is 0. The smallest absolute Gasteiger partial charge is 0.168 e. The lowest BCUT2D eigenvalue weighted by atomic mass is 10.1. The fraction of sp³-hybridized carbons (Fsp3) is 0.214. The van der Waals surface area contributed by atoms with Gasteiger partial charge in [0.25, 0.3) is 0 Å². The molecule has 102 valence electrons. The third-order valence-electron chi connectivity index (χ3n) is 3.51. The molecule has 0 spiro atoms. The number of amidine groups is 1. The van der Waals surface area contributed by atoms with Gasteiger partial charge >= 0.3 is 0 Å². The molecule has 0 amide bonds. The Morgan fingerprint density at radius 2 is 2.25 bits per heavy atom. The van der Waals surface area contributed by atoms with E-state index in [0.29, 0.717) is 5.39 Å². The highest BCUT2D eigenvalue weighted by Gasteiger charge is 2.33. The van der Waals surface area contributed by atoms with E-state index in [9.17, 15) is 9.50 Å². The number of thioether (sulfide) groups is 1. The van der Waals surface area contributed by atoms with E-state index >= 15 is 0 Å². The quantitative estimate of drug-likeness (QED) is 0.926. The highest BCUT2D eigenvalue weighted by molar-refractivity contribution is 8.17. The number of hydrogen-bond donors (Lipinski definition) is 1. The number of aliphatic hydroxyl groups is 1. The first kappa shape index (κ1) is 12.4. The molecule has 2 aliphatic rings. The molecule has 20 heavy (non-hydrogen) atoms. The van der Waals surface area contributed by atoms with E-state index in [4.69, 9.17) is 0 Å². The fourth-order valence-electron chi connectivity index (χ4n) is 2.65. The van der Waals surface area contributed by atoms with Crippen LogP contribution in [0.25, 0.3) is 15.8 Å². The maximum absolute atomic E-state index is 13.8. The molecule has 0 radical (unpaired) electrons. The van der Waals surface area contributed by atoms with Gasteiger partial charge in [-0.05, 0) is 23.6 Å². The van der Waals surface area contributed by atoms with Crippen molar-refractivity contribution in [3.05, 3.63) is 39.9 Å². The van der Waals surface area contributed by atoms with E-state index in [2.05, 4.69) is 9.89 Å². The Bertz CT molecular complexity index is 766. The maximum atomic E-state index is 13.8. The van der Waals surface area contributed by atoms with E-state index < -0.39 is 0 Å². The SMILES string of the molecule is OCC1=C(c2ccc(F)c3ccsc23)N2CCN=C2S1. The lowest BCUT2D eigenvalue weighted by Gasteiger charge is -2.18. The fourth-order valence-corrected chi connectivity index (χ4v) is 4.62. The largest absolute Gasteiger partial charge is 0.391 e. The first-order valence-electron chi connectivity index (χ1n) is 6.29. The van der Waals surface area contributed by atoms with E-state index in [1.54, 1.807) is 12.1 Å². The average molecular weight is 306 g/mol. The minimum absolute atomic E-state index is 0.0141. The van der Waals surface area contributed by atoms with Crippen LogP contribution in [0.2, 0.25) is 0 Å². The Kier molecular flexibility index (Phi) is 2.83. The van der Waals surface area contributed by atoms with Crippen LogP contribution < -0.4 is 0 Å². The molecule has 3 nitrogen and oxygen atoms in total. The van der Waals surface area contributed by atoms with Gasteiger partial charge < -0.3 is 10.0 Å². The summed E-state index contributed by atoms with van der Waals surface area (Å²) >= 11 is 3.05. The van der Waals surface area contributed by atoms with Crippen LogP contribution in [0.4, 0.5) is 4.39 Å². The Hall–Kier alpha value is -1.37. The predicted molar refractivity (Wildman–Crippen MR) is 82.4 cm³/mol. The number of rotatable bonds is 2. The monoisotopic (exact) mass is 306 g/mol. The van der Waals surface area contributed by atoms with Gasteiger partial charge in [0, 0.05) is 27.1 Å².